The molecule has 7 heteroatoms. The minimum Gasteiger partial charge on any atom is -0.376 e. The molecule has 0 aliphatic carbocycles. The first kappa shape index (κ1) is 21.7. The van der Waals surface area contributed by atoms with Crippen molar-refractivity contribution in [3.8, 4) is 0 Å². The molecule has 0 aromatic heterocycles. The molecule has 3 rings (SSSR count). The highest BCUT2D eigenvalue weighted by Gasteiger charge is 2.16. The first-order valence-corrected chi connectivity index (χ1v) is 10.2. The van der Waals surface area contributed by atoms with Crippen molar-refractivity contribution in [3.63, 3.8) is 0 Å². The molecule has 0 atom stereocenters. The zero-order chi connectivity index (χ0) is 21.5. The molecule has 0 heterocycles. The molecule has 154 valence electrons. The van der Waals surface area contributed by atoms with Crippen LogP contribution < -0.4 is 15.5 Å². The van der Waals surface area contributed by atoms with Crippen LogP contribution >= 0.6 is 23.2 Å². The monoisotopic (exact) mass is 441 g/mol. The number of nitrogens with zero attached hydrogens (tertiary/aromatic N) is 1. The van der Waals surface area contributed by atoms with Crippen molar-refractivity contribution in [3.05, 3.63) is 88.4 Å². The van der Waals surface area contributed by atoms with Gasteiger partial charge in [0.2, 0.25) is 5.91 Å². The van der Waals surface area contributed by atoms with E-state index in [0.717, 1.165) is 11.4 Å². The maximum atomic E-state index is 12.8. The van der Waals surface area contributed by atoms with E-state index in [4.69, 9.17) is 23.2 Å². The molecule has 0 fully saturated rings. The van der Waals surface area contributed by atoms with Gasteiger partial charge in [0.1, 0.15) is 0 Å². The van der Waals surface area contributed by atoms with E-state index in [9.17, 15) is 9.59 Å². The van der Waals surface area contributed by atoms with Crippen LogP contribution in [0.25, 0.3) is 0 Å². The highest BCUT2D eigenvalue weighted by molar-refractivity contribution is 6.44. The number of anilines is 3. The lowest BCUT2D eigenvalue weighted by Gasteiger charge is -2.21. The van der Waals surface area contributed by atoms with Gasteiger partial charge in [-0.05, 0) is 55.5 Å². The van der Waals surface area contributed by atoms with Gasteiger partial charge in [-0.2, -0.15) is 0 Å². The number of halogens is 2. The molecule has 0 aliphatic rings. The lowest BCUT2D eigenvalue weighted by atomic mass is 10.1. The fourth-order valence-electron chi connectivity index (χ4n) is 2.91. The van der Waals surface area contributed by atoms with Gasteiger partial charge in [-0.15, -0.1) is 0 Å². The zero-order valence-electron chi connectivity index (χ0n) is 16.4. The van der Waals surface area contributed by atoms with E-state index in [-0.39, 0.29) is 18.4 Å². The van der Waals surface area contributed by atoms with Gasteiger partial charge >= 0.3 is 0 Å². The van der Waals surface area contributed by atoms with Crippen LogP contribution in [0, 0.1) is 0 Å². The van der Waals surface area contributed by atoms with Gasteiger partial charge in [0, 0.05) is 23.5 Å². The van der Waals surface area contributed by atoms with Gasteiger partial charge in [0.05, 0.1) is 22.3 Å². The molecule has 0 unspecified atom stereocenters. The molecule has 30 heavy (non-hydrogen) atoms. The van der Waals surface area contributed by atoms with Crippen molar-refractivity contribution >= 4 is 52.1 Å². The fraction of sp³-hybridized carbons (Fsp3) is 0.130. The minimum absolute atomic E-state index is 0.0429. The van der Waals surface area contributed by atoms with Gasteiger partial charge in [-0.25, -0.2) is 0 Å². The Kier molecular flexibility index (Phi) is 7.33. The molecule has 3 aromatic rings. The number of carbonyl (C=O) groups excluding carboxylic acids is 2. The van der Waals surface area contributed by atoms with Crippen LogP contribution in [-0.2, 0) is 4.79 Å². The second-order valence-electron chi connectivity index (χ2n) is 6.47. The van der Waals surface area contributed by atoms with Crippen LogP contribution in [0.5, 0.6) is 0 Å². The van der Waals surface area contributed by atoms with Gasteiger partial charge in [0.15, 0.2) is 0 Å². The van der Waals surface area contributed by atoms with Crippen molar-refractivity contribution in [2.24, 2.45) is 0 Å². The minimum atomic E-state index is -0.263. The van der Waals surface area contributed by atoms with E-state index in [2.05, 4.69) is 10.6 Å². The summed E-state index contributed by atoms with van der Waals surface area (Å²) < 4.78 is 0. The van der Waals surface area contributed by atoms with Crippen molar-refractivity contribution in [1.82, 2.24) is 0 Å². The van der Waals surface area contributed by atoms with Crippen LogP contribution in [0.1, 0.15) is 17.3 Å². The molecule has 0 bridgehead atoms. The maximum absolute atomic E-state index is 12.8. The highest BCUT2D eigenvalue weighted by atomic mass is 35.5. The van der Waals surface area contributed by atoms with Crippen molar-refractivity contribution < 1.29 is 9.59 Å². The third kappa shape index (κ3) is 5.32. The quantitative estimate of drug-likeness (QED) is 0.493. The fourth-order valence-corrected chi connectivity index (χ4v) is 3.26. The van der Waals surface area contributed by atoms with E-state index in [1.165, 1.54) is 0 Å². The second kappa shape index (κ2) is 10.1. The predicted octanol–water partition coefficient (Wildman–Crippen LogP) is 5.71. The summed E-state index contributed by atoms with van der Waals surface area (Å²) in [4.78, 5) is 26.7. The smallest absolute Gasteiger partial charge is 0.258 e. The Balaban J connectivity index is 1.59. The van der Waals surface area contributed by atoms with Crippen LogP contribution in [0.4, 0.5) is 17.1 Å². The van der Waals surface area contributed by atoms with Crippen LogP contribution in [0.2, 0.25) is 10.0 Å². The zero-order valence-corrected chi connectivity index (χ0v) is 17.9. The van der Waals surface area contributed by atoms with Crippen LogP contribution in [-0.4, -0.2) is 24.9 Å². The molecule has 5 nitrogen and oxygen atoms in total. The van der Waals surface area contributed by atoms with Gasteiger partial charge < -0.3 is 15.5 Å². The van der Waals surface area contributed by atoms with Crippen molar-refractivity contribution in [2.75, 3.05) is 28.6 Å². The maximum Gasteiger partial charge on any atom is 0.258 e. The molecule has 2 amide bonds. The molecule has 0 spiro atoms. The number of carbonyl (C=O) groups is 2. The lowest BCUT2D eigenvalue weighted by Crippen LogP contribution is -2.30. The average Bonchev–Trinajstić information content (AvgIpc) is 2.77. The Hall–Kier alpha value is -3.02. The second-order valence-corrected chi connectivity index (χ2v) is 7.25. The number of nitrogens with one attached hydrogen (secondary N) is 2. The summed E-state index contributed by atoms with van der Waals surface area (Å²) in [6, 6.07) is 21.6. The molecule has 0 saturated carbocycles. The molecular formula is C23H21Cl2N3O2. The molecular weight excluding hydrogens is 421 g/mol. The first-order chi connectivity index (χ1) is 14.5. The standard InChI is InChI=1S/C23H21Cl2N3O2/c1-2-28(18-7-4-3-5-8-18)23(30)16-11-13-17(14-12-16)26-15-21(29)27-20-10-6-9-19(24)22(20)25/h3-14,26H,2,15H2,1H3,(H,27,29). The SMILES string of the molecule is CCN(C(=O)c1ccc(NCC(=O)Nc2cccc(Cl)c2Cl)cc1)c1ccccc1. The van der Waals surface area contributed by atoms with E-state index in [1.54, 1.807) is 47.4 Å². The van der Waals surface area contributed by atoms with Gasteiger partial charge in [-0.3, -0.25) is 9.59 Å². The Morgan fingerprint density at radius 2 is 1.60 bits per heavy atom. The third-order valence-electron chi connectivity index (χ3n) is 4.44. The summed E-state index contributed by atoms with van der Waals surface area (Å²) in [5.74, 6) is -0.343. The van der Waals surface area contributed by atoms with Gasteiger partial charge in [-0.1, -0.05) is 47.5 Å². The summed E-state index contributed by atoms with van der Waals surface area (Å²) in [6.45, 7) is 2.54. The number of rotatable bonds is 7. The number of amides is 2. The average molecular weight is 442 g/mol. The molecule has 0 saturated heterocycles. The molecule has 3 aromatic carbocycles. The van der Waals surface area contributed by atoms with E-state index >= 15 is 0 Å². The molecule has 2 N–H and O–H groups in total. The highest BCUT2D eigenvalue weighted by Crippen LogP contribution is 2.29. The molecule has 0 aliphatic heterocycles. The van der Waals surface area contributed by atoms with E-state index in [0.29, 0.717) is 27.8 Å². The summed E-state index contributed by atoms with van der Waals surface area (Å²) in [5.41, 5.74) is 2.60. The summed E-state index contributed by atoms with van der Waals surface area (Å²) in [7, 11) is 0. The van der Waals surface area contributed by atoms with E-state index < -0.39 is 0 Å². The molecule has 0 radical (unpaired) electrons. The Morgan fingerprint density at radius 3 is 2.27 bits per heavy atom. The summed E-state index contributed by atoms with van der Waals surface area (Å²) in [6.07, 6.45) is 0. The Bertz CT molecular complexity index is 1020. The topological polar surface area (TPSA) is 61.4 Å². The van der Waals surface area contributed by atoms with Crippen molar-refractivity contribution in [2.45, 2.75) is 6.92 Å². The largest absolute Gasteiger partial charge is 0.376 e. The van der Waals surface area contributed by atoms with Gasteiger partial charge in [0.25, 0.3) is 5.91 Å². The van der Waals surface area contributed by atoms with Crippen molar-refractivity contribution in [1.29, 1.82) is 0 Å². The number of hydrogen-bond donors (Lipinski definition) is 2. The first-order valence-electron chi connectivity index (χ1n) is 9.44. The summed E-state index contributed by atoms with van der Waals surface area (Å²) in [5, 5.41) is 6.41. The van der Waals surface area contributed by atoms with Crippen LogP contribution in [0.15, 0.2) is 72.8 Å². The number of para-hydroxylation sites is 1. The Morgan fingerprint density at radius 1 is 0.900 bits per heavy atom. The number of hydrogen-bond acceptors (Lipinski definition) is 3. The van der Waals surface area contributed by atoms with Crippen LogP contribution in [0.3, 0.4) is 0 Å². The third-order valence-corrected chi connectivity index (χ3v) is 5.26. The normalized spacial score (nSPS) is 10.4. The summed E-state index contributed by atoms with van der Waals surface area (Å²) >= 11 is 12.0. The predicted molar refractivity (Wildman–Crippen MR) is 124 cm³/mol. The lowest BCUT2D eigenvalue weighted by molar-refractivity contribution is -0.114. The number of benzene rings is 3. The Labute approximate surface area is 185 Å². The van der Waals surface area contributed by atoms with E-state index in [1.807, 2.05) is 37.3 Å².